The fourth-order valence-electron chi connectivity index (χ4n) is 3.28. The SMILES string of the molecule is Cc1cncc([C@H]2CCCN2Cc2cn[nH]c2-c2cccs2)n1. The van der Waals surface area contributed by atoms with Gasteiger partial charge in [0.1, 0.15) is 0 Å². The maximum Gasteiger partial charge on any atom is 0.0794 e. The molecular formula is C17H19N5S. The summed E-state index contributed by atoms with van der Waals surface area (Å²) < 4.78 is 0. The lowest BCUT2D eigenvalue weighted by Gasteiger charge is -2.23. The Morgan fingerprint density at radius 2 is 2.30 bits per heavy atom. The second-order valence-corrected chi connectivity index (χ2v) is 6.91. The highest BCUT2D eigenvalue weighted by molar-refractivity contribution is 7.13. The molecule has 23 heavy (non-hydrogen) atoms. The number of aryl methyl sites for hydroxylation is 1. The highest BCUT2D eigenvalue weighted by Gasteiger charge is 2.28. The van der Waals surface area contributed by atoms with Crippen molar-refractivity contribution in [1.29, 1.82) is 0 Å². The van der Waals surface area contributed by atoms with Crippen molar-refractivity contribution in [1.82, 2.24) is 25.1 Å². The van der Waals surface area contributed by atoms with E-state index in [0.29, 0.717) is 6.04 Å². The molecule has 3 aromatic heterocycles. The van der Waals surface area contributed by atoms with Gasteiger partial charge >= 0.3 is 0 Å². The van der Waals surface area contributed by atoms with Crippen molar-refractivity contribution in [3.05, 3.63) is 53.1 Å². The van der Waals surface area contributed by atoms with Gasteiger partial charge in [0.2, 0.25) is 0 Å². The summed E-state index contributed by atoms with van der Waals surface area (Å²) in [6, 6.07) is 4.56. The number of aromatic amines is 1. The zero-order valence-electron chi connectivity index (χ0n) is 13.1. The monoisotopic (exact) mass is 325 g/mol. The quantitative estimate of drug-likeness (QED) is 0.796. The number of nitrogens with zero attached hydrogens (tertiary/aromatic N) is 4. The second kappa shape index (κ2) is 6.22. The van der Waals surface area contributed by atoms with E-state index in [1.807, 2.05) is 25.5 Å². The van der Waals surface area contributed by atoms with E-state index >= 15 is 0 Å². The summed E-state index contributed by atoms with van der Waals surface area (Å²) >= 11 is 1.74. The molecule has 118 valence electrons. The highest BCUT2D eigenvalue weighted by Crippen LogP contribution is 2.34. The summed E-state index contributed by atoms with van der Waals surface area (Å²) in [5.41, 5.74) is 4.46. The van der Waals surface area contributed by atoms with Crippen LogP contribution in [-0.2, 0) is 6.54 Å². The fourth-order valence-corrected chi connectivity index (χ4v) is 4.03. The van der Waals surface area contributed by atoms with Gasteiger partial charge in [-0.1, -0.05) is 6.07 Å². The van der Waals surface area contributed by atoms with Gasteiger partial charge in [-0.3, -0.25) is 20.0 Å². The van der Waals surface area contributed by atoms with Crippen LogP contribution in [0.3, 0.4) is 0 Å². The molecule has 1 atom stereocenters. The van der Waals surface area contributed by atoms with Crippen LogP contribution in [0.25, 0.3) is 10.6 Å². The topological polar surface area (TPSA) is 57.7 Å². The zero-order chi connectivity index (χ0) is 15.6. The minimum Gasteiger partial charge on any atom is -0.290 e. The number of hydrogen-bond acceptors (Lipinski definition) is 5. The lowest BCUT2D eigenvalue weighted by molar-refractivity contribution is 0.244. The maximum absolute atomic E-state index is 4.68. The third-order valence-corrected chi connectivity index (χ3v) is 5.22. The first-order chi connectivity index (χ1) is 11.3. The molecule has 4 heterocycles. The summed E-state index contributed by atoms with van der Waals surface area (Å²) in [5.74, 6) is 0. The Morgan fingerprint density at radius 3 is 3.13 bits per heavy atom. The van der Waals surface area contributed by atoms with E-state index in [4.69, 9.17) is 0 Å². The molecule has 3 aromatic rings. The molecule has 1 N–H and O–H groups in total. The minimum absolute atomic E-state index is 0.355. The standard InChI is InChI=1S/C17H19N5S/c1-12-8-18-10-14(20-12)15-4-2-6-22(15)11-13-9-19-21-17(13)16-5-3-7-23-16/h3,5,7-10,15H,2,4,6,11H2,1H3,(H,19,21)/t15-/m1/s1. The van der Waals surface area contributed by atoms with E-state index < -0.39 is 0 Å². The number of nitrogens with one attached hydrogen (secondary N) is 1. The Hall–Kier alpha value is -2.05. The van der Waals surface area contributed by atoms with Crippen molar-refractivity contribution in [2.24, 2.45) is 0 Å². The zero-order valence-corrected chi connectivity index (χ0v) is 13.9. The third-order valence-electron chi connectivity index (χ3n) is 4.34. The van der Waals surface area contributed by atoms with E-state index in [1.165, 1.54) is 16.9 Å². The molecule has 6 heteroatoms. The van der Waals surface area contributed by atoms with Crippen LogP contribution in [0.5, 0.6) is 0 Å². The van der Waals surface area contributed by atoms with Crippen LogP contribution in [0.1, 0.15) is 35.8 Å². The van der Waals surface area contributed by atoms with Crippen molar-refractivity contribution in [3.8, 4) is 10.6 Å². The predicted molar refractivity (Wildman–Crippen MR) is 91.1 cm³/mol. The fraction of sp³-hybridized carbons (Fsp3) is 0.353. The average molecular weight is 325 g/mol. The smallest absolute Gasteiger partial charge is 0.0794 e. The van der Waals surface area contributed by atoms with Gasteiger partial charge in [-0.2, -0.15) is 5.10 Å². The Balaban J connectivity index is 1.58. The van der Waals surface area contributed by atoms with Crippen LogP contribution < -0.4 is 0 Å². The molecule has 4 rings (SSSR count). The van der Waals surface area contributed by atoms with Gasteiger partial charge in [0.15, 0.2) is 0 Å². The van der Waals surface area contributed by atoms with Crippen LogP contribution in [0, 0.1) is 6.92 Å². The number of hydrogen-bond donors (Lipinski definition) is 1. The van der Waals surface area contributed by atoms with Crippen LogP contribution in [0.4, 0.5) is 0 Å². The molecule has 0 spiro atoms. The molecule has 1 aliphatic rings. The molecule has 1 aliphatic heterocycles. The van der Waals surface area contributed by atoms with E-state index in [9.17, 15) is 0 Å². The number of likely N-dealkylation sites (tertiary alicyclic amines) is 1. The highest BCUT2D eigenvalue weighted by atomic mass is 32.1. The molecule has 5 nitrogen and oxygen atoms in total. The van der Waals surface area contributed by atoms with Gasteiger partial charge in [-0.25, -0.2) is 0 Å². The molecule has 0 unspecified atom stereocenters. The molecule has 0 saturated carbocycles. The normalized spacial score (nSPS) is 18.6. The largest absolute Gasteiger partial charge is 0.290 e. The number of thiophene rings is 1. The van der Waals surface area contributed by atoms with Gasteiger partial charge < -0.3 is 0 Å². The summed E-state index contributed by atoms with van der Waals surface area (Å²) in [4.78, 5) is 12.7. The van der Waals surface area contributed by atoms with Crippen molar-refractivity contribution < 1.29 is 0 Å². The maximum atomic E-state index is 4.68. The number of aromatic nitrogens is 4. The van der Waals surface area contributed by atoms with Gasteiger partial charge in [-0.05, 0) is 37.8 Å². The van der Waals surface area contributed by atoms with Crippen LogP contribution in [0.15, 0.2) is 36.1 Å². The van der Waals surface area contributed by atoms with Gasteiger partial charge in [-0.15, -0.1) is 11.3 Å². The lowest BCUT2D eigenvalue weighted by atomic mass is 10.1. The Morgan fingerprint density at radius 1 is 1.35 bits per heavy atom. The lowest BCUT2D eigenvalue weighted by Crippen LogP contribution is -2.23. The predicted octanol–water partition coefficient (Wildman–Crippen LogP) is 3.57. The first kappa shape index (κ1) is 14.5. The Kier molecular flexibility index (Phi) is 3.93. The minimum atomic E-state index is 0.355. The van der Waals surface area contributed by atoms with E-state index in [2.05, 4.69) is 42.6 Å². The van der Waals surface area contributed by atoms with Crippen molar-refractivity contribution >= 4 is 11.3 Å². The van der Waals surface area contributed by atoms with Gasteiger partial charge in [0, 0.05) is 24.5 Å². The first-order valence-electron chi connectivity index (χ1n) is 7.90. The molecule has 0 amide bonds. The second-order valence-electron chi connectivity index (χ2n) is 5.96. The molecule has 0 radical (unpaired) electrons. The van der Waals surface area contributed by atoms with E-state index in [1.54, 1.807) is 11.3 Å². The first-order valence-corrected chi connectivity index (χ1v) is 8.78. The summed E-state index contributed by atoms with van der Waals surface area (Å²) in [6.07, 6.45) is 8.02. The molecule has 1 fully saturated rings. The van der Waals surface area contributed by atoms with Crippen molar-refractivity contribution in [2.75, 3.05) is 6.54 Å². The number of rotatable bonds is 4. The Labute approximate surface area is 139 Å². The Bertz CT molecular complexity index is 780. The van der Waals surface area contributed by atoms with Gasteiger partial charge in [0.05, 0.1) is 34.2 Å². The summed E-state index contributed by atoms with van der Waals surface area (Å²) in [5, 5.41) is 9.51. The summed E-state index contributed by atoms with van der Waals surface area (Å²) in [7, 11) is 0. The van der Waals surface area contributed by atoms with Crippen LogP contribution in [-0.4, -0.2) is 31.6 Å². The van der Waals surface area contributed by atoms with Crippen LogP contribution in [0.2, 0.25) is 0 Å². The third kappa shape index (κ3) is 2.92. The van der Waals surface area contributed by atoms with E-state index in [0.717, 1.165) is 36.6 Å². The van der Waals surface area contributed by atoms with E-state index in [-0.39, 0.29) is 0 Å². The molecule has 0 bridgehead atoms. The van der Waals surface area contributed by atoms with Crippen molar-refractivity contribution in [2.45, 2.75) is 32.4 Å². The van der Waals surface area contributed by atoms with Gasteiger partial charge in [0.25, 0.3) is 0 Å². The molecular weight excluding hydrogens is 306 g/mol. The molecule has 1 saturated heterocycles. The summed E-state index contributed by atoms with van der Waals surface area (Å²) in [6.45, 7) is 3.99. The number of H-pyrrole nitrogens is 1. The molecule has 0 aliphatic carbocycles. The van der Waals surface area contributed by atoms with Crippen LogP contribution >= 0.6 is 11.3 Å². The van der Waals surface area contributed by atoms with Crippen molar-refractivity contribution in [3.63, 3.8) is 0 Å². The average Bonchev–Trinajstić information content (AvgIpc) is 3.29. The molecule has 0 aromatic carbocycles.